The number of rotatable bonds is 5. The molecule has 0 bridgehead atoms. The summed E-state index contributed by atoms with van der Waals surface area (Å²) in [6, 6.07) is 5.54. The Morgan fingerprint density at radius 3 is 2.67 bits per heavy atom. The fourth-order valence-corrected chi connectivity index (χ4v) is 3.21. The Bertz CT molecular complexity index is 485. The van der Waals surface area contributed by atoms with Crippen molar-refractivity contribution in [3.63, 3.8) is 0 Å². The highest BCUT2D eigenvalue weighted by Gasteiger charge is 2.20. The Labute approximate surface area is 136 Å². The van der Waals surface area contributed by atoms with Gasteiger partial charge in [-0.3, -0.25) is 4.79 Å². The van der Waals surface area contributed by atoms with Crippen molar-refractivity contribution in [1.82, 2.24) is 10.2 Å². The van der Waals surface area contributed by atoms with Crippen molar-refractivity contribution in [2.24, 2.45) is 0 Å². The van der Waals surface area contributed by atoms with Crippen molar-refractivity contribution in [1.29, 1.82) is 0 Å². The molecule has 1 aromatic rings. The first kappa shape index (κ1) is 16.6. The van der Waals surface area contributed by atoms with Crippen molar-refractivity contribution in [3.8, 4) is 0 Å². The first-order chi connectivity index (χ1) is 10.1. The molecule has 0 aromatic heterocycles. The first-order valence-corrected chi connectivity index (χ1v) is 8.29. The van der Waals surface area contributed by atoms with Crippen LogP contribution < -0.4 is 5.32 Å². The first-order valence-electron chi connectivity index (χ1n) is 7.54. The lowest BCUT2D eigenvalue weighted by Gasteiger charge is -2.32. The smallest absolute Gasteiger partial charge is 0.224 e. The molecule has 0 spiro atoms. The number of likely N-dealkylation sites (tertiary alicyclic amines) is 1. The van der Waals surface area contributed by atoms with Gasteiger partial charge in [-0.05, 0) is 43.5 Å². The van der Waals surface area contributed by atoms with Gasteiger partial charge in [0.1, 0.15) is 0 Å². The second-order valence-electron chi connectivity index (χ2n) is 5.60. The molecule has 1 fully saturated rings. The molecule has 1 amide bonds. The van der Waals surface area contributed by atoms with Crippen LogP contribution >= 0.6 is 23.2 Å². The molecule has 1 aromatic carbocycles. The molecule has 0 atom stereocenters. The number of hydrogen-bond acceptors (Lipinski definition) is 2. The molecule has 116 valence electrons. The van der Waals surface area contributed by atoms with E-state index in [-0.39, 0.29) is 11.9 Å². The maximum absolute atomic E-state index is 12.1. The van der Waals surface area contributed by atoms with E-state index in [1.54, 1.807) is 12.1 Å². The normalized spacial score (nSPS) is 16.9. The van der Waals surface area contributed by atoms with Crippen molar-refractivity contribution in [2.75, 3.05) is 19.6 Å². The summed E-state index contributed by atoms with van der Waals surface area (Å²) in [5.41, 5.74) is 0.821. The third-order valence-electron chi connectivity index (χ3n) is 3.86. The van der Waals surface area contributed by atoms with Crippen LogP contribution in [0.3, 0.4) is 0 Å². The van der Waals surface area contributed by atoms with Gasteiger partial charge in [-0.15, -0.1) is 0 Å². The fourth-order valence-electron chi connectivity index (χ4n) is 2.73. The molecule has 1 heterocycles. The summed E-state index contributed by atoms with van der Waals surface area (Å²) in [5.74, 6) is 0.0353. The minimum absolute atomic E-state index is 0.0353. The topological polar surface area (TPSA) is 32.3 Å². The SMILES string of the molecule is CCCN1CCC(NC(=O)Cc2ccc(Cl)cc2Cl)CC1. The fraction of sp³-hybridized carbons (Fsp3) is 0.562. The molecule has 5 heteroatoms. The maximum atomic E-state index is 12.1. The minimum Gasteiger partial charge on any atom is -0.353 e. The monoisotopic (exact) mass is 328 g/mol. The van der Waals surface area contributed by atoms with Gasteiger partial charge >= 0.3 is 0 Å². The molecule has 1 aliphatic heterocycles. The second kappa shape index (κ2) is 8.02. The Morgan fingerprint density at radius 2 is 2.05 bits per heavy atom. The van der Waals surface area contributed by atoms with E-state index in [0.717, 1.165) is 38.0 Å². The van der Waals surface area contributed by atoms with Crippen LogP contribution in [0, 0.1) is 0 Å². The zero-order valence-electron chi connectivity index (χ0n) is 12.4. The highest BCUT2D eigenvalue weighted by molar-refractivity contribution is 6.35. The number of nitrogens with one attached hydrogen (secondary N) is 1. The molecule has 21 heavy (non-hydrogen) atoms. The predicted molar refractivity (Wildman–Crippen MR) is 88.1 cm³/mol. The van der Waals surface area contributed by atoms with Gasteiger partial charge < -0.3 is 10.2 Å². The average Bonchev–Trinajstić information content (AvgIpc) is 2.44. The van der Waals surface area contributed by atoms with Gasteiger partial charge in [-0.2, -0.15) is 0 Å². The zero-order valence-corrected chi connectivity index (χ0v) is 13.9. The van der Waals surface area contributed by atoms with Crippen LogP contribution in [0.15, 0.2) is 18.2 Å². The Hall–Kier alpha value is -0.770. The highest BCUT2D eigenvalue weighted by atomic mass is 35.5. The number of piperidine rings is 1. The second-order valence-corrected chi connectivity index (χ2v) is 6.44. The third-order valence-corrected chi connectivity index (χ3v) is 4.45. The van der Waals surface area contributed by atoms with E-state index in [0.29, 0.717) is 16.5 Å². The van der Waals surface area contributed by atoms with Crippen LogP contribution in [0.25, 0.3) is 0 Å². The molecule has 1 saturated heterocycles. The van der Waals surface area contributed by atoms with Gasteiger partial charge in [0.05, 0.1) is 6.42 Å². The quantitative estimate of drug-likeness (QED) is 0.896. The van der Waals surface area contributed by atoms with Crippen molar-refractivity contribution in [2.45, 2.75) is 38.6 Å². The van der Waals surface area contributed by atoms with Crippen molar-refractivity contribution in [3.05, 3.63) is 33.8 Å². The Balaban J connectivity index is 1.80. The molecule has 0 aliphatic carbocycles. The summed E-state index contributed by atoms with van der Waals surface area (Å²) in [4.78, 5) is 14.6. The number of hydrogen-bond donors (Lipinski definition) is 1. The van der Waals surface area contributed by atoms with Gasteiger partial charge in [0.15, 0.2) is 0 Å². The minimum atomic E-state index is 0.0353. The lowest BCUT2D eigenvalue weighted by atomic mass is 10.0. The van der Waals surface area contributed by atoms with Crippen LogP contribution in [0.2, 0.25) is 10.0 Å². The van der Waals surface area contributed by atoms with E-state index >= 15 is 0 Å². The maximum Gasteiger partial charge on any atom is 0.224 e. The molecule has 1 N–H and O–H groups in total. The number of amides is 1. The molecule has 0 radical (unpaired) electrons. The summed E-state index contributed by atoms with van der Waals surface area (Å²) >= 11 is 12.0. The van der Waals surface area contributed by atoms with Gasteiger partial charge in [-0.1, -0.05) is 36.2 Å². The number of carbonyl (C=O) groups excluding carboxylic acids is 1. The van der Waals surface area contributed by atoms with E-state index in [9.17, 15) is 4.79 Å². The summed E-state index contributed by atoms with van der Waals surface area (Å²) < 4.78 is 0. The van der Waals surface area contributed by atoms with Gasteiger partial charge in [0.25, 0.3) is 0 Å². The average molecular weight is 329 g/mol. The Morgan fingerprint density at radius 1 is 1.33 bits per heavy atom. The number of carbonyl (C=O) groups is 1. The van der Waals surface area contributed by atoms with Gasteiger partial charge in [-0.25, -0.2) is 0 Å². The van der Waals surface area contributed by atoms with E-state index in [1.807, 2.05) is 6.07 Å². The summed E-state index contributed by atoms with van der Waals surface area (Å²) in [5, 5.41) is 4.26. The predicted octanol–water partition coefficient (Wildman–Crippen LogP) is 3.53. The van der Waals surface area contributed by atoms with Crippen LogP contribution in [0.4, 0.5) is 0 Å². The number of halogens is 2. The molecule has 0 saturated carbocycles. The van der Waals surface area contributed by atoms with E-state index in [1.165, 1.54) is 6.42 Å². The van der Waals surface area contributed by atoms with Crippen molar-refractivity contribution < 1.29 is 4.79 Å². The number of nitrogens with zero attached hydrogens (tertiary/aromatic N) is 1. The van der Waals surface area contributed by atoms with Gasteiger partial charge in [0.2, 0.25) is 5.91 Å². The highest BCUT2D eigenvalue weighted by Crippen LogP contribution is 2.21. The van der Waals surface area contributed by atoms with E-state index < -0.39 is 0 Å². The van der Waals surface area contributed by atoms with E-state index in [2.05, 4.69) is 17.1 Å². The molecular weight excluding hydrogens is 307 g/mol. The van der Waals surface area contributed by atoms with Crippen LogP contribution in [0.1, 0.15) is 31.7 Å². The van der Waals surface area contributed by atoms with E-state index in [4.69, 9.17) is 23.2 Å². The van der Waals surface area contributed by atoms with Crippen molar-refractivity contribution >= 4 is 29.1 Å². The van der Waals surface area contributed by atoms with Gasteiger partial charge in [0, 0.05) is 29.2 Å². The molecule has 1 aliphatic rings. The lowest BCUT2D eigenvalue weighted by Crippen LogP contribution is -2.45. The summed E-state index contributed by atoms with van der Waals surface area (Å²) in [6.45, 7) is 5.49. The summed E-state index contributed by atoms with van der Waals surface area (Å²) in [7, 11) is 0. The van der Waals surface area contributed by atoms with Crippen LogP contribution in [-0.2, 0) is 11.2 Å². The molecule has 0 unspecified atom stereocenters. The standard InChI is InChI=1S/C16H22Cl2N2O/c1-2-7-20-8-5-14(6-9-20)19-16(21)10-12-3-4-13(17)11-15(12)18/h3-4,11,14H,2,5-10H2,1H3,(H,19,21). The van der Waals surface area contributed by atoms with Crippen LogP contribution in [-0.4, -0.2) is 36.5 Å². The third kappa shape index (κ3) is 5.17. The van der Waals surface area contributed by atoms with Crippen LogP contribution in [0.5, 0.6) is 0 Å². The Kier molecular flexibility index (Phi) is 6.34. The molecule has 3 nitrogen and oxygen atoms in total. The lowest BCUT2D eigenvalue weighted by molar-refractivity contribution is -0.121. The molecule has 2 rings (SSSR count). The largest absolute Gasteiger partial charge is 0.353 e. The summed E-state index contributed by atoms with van der Waals surface area (Å²) in [6.07, 6.45) is 3.55. The number of benzene rings is 1. The zero-order chi connectivity index (χ0) is 15.2. The molecular formula is C16H22Cl2N2O.